The number of nitrogens with zero attached hydrogens (tertiary/aromatic N) is 3. The molecular formula is C23H22N4O2. The zero-order valence-corrected chi connectivity index (χ0v) is 16.0. The van der Waals surface area contributed by atoms with Crippen molar-refractivity contribution in [2.45, 2.75) is 25.2 Å². The fraction of sp³-hybridized carbons (Fsp3) is 0.261. The molecule has 146 valence electrons. The van der Waals surface area contributed by atoms with Crippen LogP contribution in [0.3, 0.4) is 0 Å². The minimum atomic E-state index is -0.178. The van der Waals surface area contributed by atoms with Crippen molar-refractivity contribution >= 4 is 5.91 Å². The van der Waals surface area contributed by atoms with E-state index in [9.17, 15) is 4.79 Å². The highest BCUT2D eigenvalue weighted by molar-refractivity contribution is 5.93. The molecule has 2 aromatic carbocycles. The first-order valence-corrected chi connectivity index (χ1v) is 9.70. The SMILES string of the molecule is C#CCOc1ccc(CCNC(=O)c2nnn(-c3ccccc3)c2C2CC2)cc1. The monoisotopic (exact) mass is 386 g/mol. The number of nitrogens with one attached hydrogen (secondary N) is 1. The van der Waals surface area contributed by atoms with Crippen LogP contribution in [0.5, 0.6) is 5.75 Å². The van der Waals surface area contributed by atoms with Crippen molar-refractivity contribution in [2.24, 2.45) is 0 Å². The number of hydrogen-bond donors (Lipinski definition) is 1. The van der Waals surface area contributed by atoms with Gasteiger partial charge in [0.05, 0.1) is 11.4 Å². The normalized spacial score (nSPS) is 12.9. The van der Waals surface area contributed by atoms with Crippen molar-refractivity contribution in [1.82, 2.24) is 20.3 Å². The molecule has 1 saturated carbocycles. The maximum absolute atomic E-state index is 12.7. The molecule has 4 rings (SSSR count). The largest absolute Gasteiger partial charge is 0.481 e. The number of carbonyl (C=O) groups excluding carboxylic acids is 1. The molecule has 0 spiro atoms. The van der Waals surface area contributed by atoms with Gasteiger partial charge in [0, 0.05) is 12.5 Å². The Morgan fingerprint density at radius 3 is 2.62 bits per heavy atom. The Balaban J connectivity index is 1.39. The van der Waals surface area contributed by atoms with Crippen LogP contribution in [0.25, 0.3) is 5.69 Å². The van der Waals surface area contributed by atoms with Crippen LogP contribution in [0.2, 0.25) is 0 Å². The van der Waals surface area contributed by atoms with Crippen molar-refractivity contribution in [1.29, 1.82) is 0 Å². The number of benzene rings is 2. The summed E-state index contributed by atoms with van der Waals surface area (Å²) in [5.41, 5.74) is 3.36. The highest BCUT2D eigenvalue weighted by atomic mass is 16.5. The van der Waals surface area contributed by atoms with Gasteiger partial charge in [-0.25, -0.2) is 4.68 Å². The summed E-state index contributed by atoms with van der Waals surface area (Å²) in [5.74, 6) is 3.35. The van der Waals surface area contributed by atoms with E-state index in [1.165, 1.54) is 0 Å². The Labute approximate surface area is 169 Å². The van der Waals surface area contributed by atoms with Crippen molar-refractivity contribution < 1.29 is 9.53 Å². The summed E-state index contributed by atoms with van der Waals surface area (Å²) in [6.45, 7) is 0.772. The molecule has 0 unspecified atom stereocenters. The first kappa shape index (κ1) is 18.8. The van der Waals surface area contributed by atoms with Crippen LogP contribution in [0.15, 0.2) is 54.6 Å². The van der Waals surface area contributed by atoms with E-state index in [2.05, 4.69) is 21.5 Å². The van der Waals surface area contributed by atoms with Crippen LogP contribution in [0.1, 0.15) is 40.5 Å². The van der Waals surface area contributed by atoms with Gasteiger partial charge >= 0.3 is 0 Å². The Hall–Kier alpha value is -3.59. The zero-order valence-electron chi connectivity index (χ0n) is 16.0. The number of terminal acetylenes is 1. The molecule has 3 aromatic rings. The highest BCUT2D eigenvalue weighted by Crippen LogP contribution is 2.41. The molecule has 1 aliphatic rings. The summed E-state index contributed by atoms with van der Waals surface area (Å²) in [4.78, 5) is 12.7. The van der Waals surface area contributed by atoms with E-state index >= 15 is 0 Å². The van der Waals surface area contributed by atoms with Crippen molar-refractivity contribution in [3.8, 4) is 23.8 Å². The van der Waals surface area contributed by atoms with Crippen molar-refractivity contribution in [2.75, 3.05) is 13.2 Å². The third-order valence-corrected chi connectivity index (χ3v) is 4.83. The number of aromatic nitrogens is 3. The van der Waals surface area contributed by atoms with Crippen LogP contribution >= 0.6 is 0 Å². The number of carbonyl (C=O) groups is 1. The van der Waals surface area contributed by atoms with Gasteiger partial charge < -0.3 is 10.1 Å². The summed E-state index contributed by atoms with van der Waals surface area (Å²) in [6.07, 6.45) is 8.03. The molecule has 29 heavy (non-hydrogen) atoms. The predicted octanol–water partition coefficient (Wildman–Crippen LogP) is 3.13. The van der Waals surface area contributed by atoms with E-state index in [-0.39, 0.29) is 12.5 Å². The Morgan fingerprint density at radius 1 is 1.17 bits per heavy atom. The van der Waals surface area contributed by atoms with Gasteiger partial charge in [0.2, 0.25) is 0 Å². The molecule has 6 nitrogen and oxygen atoms in total. The lowest BCUT2D eigenvalue weighted by Crippen LogP contribution is -2.27. The average Bonchev–Trinajstić information content (AvgIpc) is 3.51. The molecule has 0 atom stereocenters. The van der Waals surface area contributed by atoms with Gasteiger partial charge in [-0.1, -0.05) is 41.5 Å². The molecule has 0 radical (unpaired) electrons. The molecule has 1 heterocycles. The second-order valence-corrected chi connectivity index (χ2v) is 6.99. The van der Waals surface area contributed by atoms with Crippen LogP contribution in [0.4, 0.5) is 0 Å². The second-order valence-electron chi connectivity index (χ2n) is 6.99. The maximum atomic E-state index is 12.7. The van der Waals surface area contributed by atoms with E-state index in [1.54, 1.807) is 4.68 Å². The third-order valence-electron chi connectivity index (χ3n) is 4.83. The van der Waals surface area contributed by atoms with Crippen molar-refractivity contribution in [3.63, 3.8) is 0 Å². The van der Waals surface area contributed by atoms with Crippen LogP contribution in [-0.4, -0.2) is 34.1 Å². The van der Waals surface area contributed by atoms with Gasteiger partial charge in [-0.3, -0.25) is 4.79 Å². The lowest BCUT2D eigenvalue weighted by molar-refractivity contribution is 0.0948. The minimum absolute atomic E-state index is 0.178. The van der Waals surface area contributed by atoms with Gasteiger partial charge in [0.15, 0.2) is 5.69 Å². The highest BCUT2D eigenvalue weighted by Gasteiger charge is 2.34. The summed E-state index contributed by atoms with van der Waals surface area (Å²) < 4.78 is 7.16. The van der Waals surface area contributed by atoms with E-state index in [0.29, 0.717) is 24.6 Å². The Kier molecular flexibility index (Phi) is 5.57. The fourth-order valence-electron chi connectivity index (χ4n) is 3.22. The Morgan fingerprint density at radius 2 is 1.93 bits per heavy atom. The quantitative estimate of drug-likeness (QED) is 0.604. The average molecular weight is 386 g/mol. The molecule has 1 aliphatic carbocycles. The Bertz CT molecular complexity index is 1020. The van der Waals surface area contributed by atoms with E-state index in [0.717, 1.165) is 35.5 Å². The van der Waals surface area contributed by atoms with Crippen molar-refractivity contribution in [3.05, 3.63) is 71.5 Å². The van der Waals surface area contributed by atoms with E-state index in [1.807, 2.05) is 54.6 Å². The molecule has 0 saturated heterocycles. The van der Waals surface area contributed by atoms with Crippen LogP contribution < -0.4 is 10.1 Å². The first-order chi connectivity index (χ1) is 14.3. The van der Waals surface area contributed by atoms with Gasteiger partial charge in [0.1, 0.15) is 12.4 Å². The number of amides is 1. The van der Waals surface area contributed by atoms with Gasteiger partial charge in [0.25, 0.3) is 5.91 Å². The van der Waals surface area contributed by atoms with E-state index < -0.39 is 0 Å². The number of ether oxygens (including phenoxy) is 1. The van der Waals surface area contributed by atoms with E-state index in [4.69, 9.17) is 11.2 Å². The molecule has 0 aliphatic heterocycles. The van der Waals surface area contributed by atoms with Crippen LogP contribution in [-0.2, 0) is 6.42 Å². The van der Waals surface area contributed by atoms with Gasteiger partial charge in [-0.05, 0) is 49.1 Å². The smallest absolute Gasteiger partial charge is 0.273 e. The molecule has 1 N–H and O–H groups in total. The molecule has 1 fully saturated rings. The second kappa shape index (κ2) is 8.61. The molecule has 1 amide bonds. The zero-order chi connectivity index (χ0) is 20.1. The standard InChI is InChI=1S/C23H22N4O2/c1-2-16-29-20-12-8-17(9-13-20)14-15-24-23(28)21-22(18-10-11-18)27(26-25-21)19-6-4-3-5-7-19/h1,3-9,12-13,18H,10-11,14-16H2,(H,24,28). The fourth-order valence-corrected chi connectivity index (χ4v) is 3.22. The maximum Gasteiger partial charge on any atom is 0.273 e. The number of para-hydroxylation sites is 1. The lowest BCUT2D eigenvalue weighted by atomic mass is 10.1. The lowest BCUT2D eigenvalue weighted by Gasteiger charge is -2.08. The van der Waals surface area contributed by atoms with Gasteiger partial charge in [-0.2, -0.15) is 0 Å². The van der Waals surface area contributed by atoms with Gasteiger partial charge in [-0.15, -0.1) is 11.5 Å². The minimum Gasteiger partial charge on any atom is -0.481 e. The number of rotatable bonds is 8. The molecule has 1 aromatic heterocycles. The first-order valence-electron chi connectivity index (χ1n) is 9.70. The topological polar surface area (TPSA) is 69.0 Å². The molecule has 0 bridgehead atoms. The summed E-state index contributed by atoms with van der Waals surface area (Å²) >= 11 is 0. The predicted molar refractivity (Wildman–Crippen MR) is 110 cm³/mol. The molecule has 6 heteroatoms. The summed E-state index contributed by atoms with van der Waals surface area (Å²) in [7, 11) is 0. The van der Waals surface area contributed by atoms with Crippen LogP contribution in [0, 0.1) is 12.3 Å². The third kappa shape index (κ3) is 4.46. The summed E-state index contributed by atoms with van der Waals surface area (Å²) in [6, 6.07) is 17.5. The number of hydrogen-bond acceptors (Lipinski definition) is 4. The molecular weight excluding hydrogens is 364 g/mol. The summed E-state index contributed by atoms with van der Waals surface area (Å²) in [5, 5.41) is 11.4.